The molecule has 0 aliphatic rings. The van der Waals surface area contributed by atoms with Crippen LogP contribution in [0.4, 0.5) is 0 Å². The molecule has 0 spiro atoms. The van der Waals surface area contributed by atoms with Crippen LogP contribution in [-0.2, 0) is 23.7 Å². The van der Waals surface area contributed by atoms with E-state index in [1.54, 1.807) is 28.7 Å². The Morgan fingerprint density at radius 1 is 0.366 bits per heavy atom. The average Bonchev–Trinajstić information content (AvgIpc) is 3.38. The Morgan fingerprint density at radius 2 is 0.676 bits per heavy atom. The lowest BCUT2D eigenvalue weighted by Crippen LogP contribution is -2.28. The zero-order valence-corrected chi connectivity index (χ0v) is 46.8. The molecule has 0 bridgehead atoms. The first-order chi connectivity index (χ1) is 34.1. The van der Waals surface area contributed by atoms with Crippen molar-refractivity contribution in [1.29, 1.82) is 0 Å². The largest absolute Gasteiger partial charge is 0.497 e. The van der Waals surface area contributed by atoms with Gasteiger partial charge in [0.15, 0.2) is 0 Å². The van der Waals surface area contributed by atoms with Gasteiger partial charge in [0.1, 0.15) is 10.8 Å². The maximum absolute atomic E-state index is 6.03. The molecule has 0 saturated carbocycles. The van der Waals surface area contributed by atoms with E-state index in [4.69, 9.17) is 18.9 Å². The fourth-order valence-electron chi connectivity index (χ4n) is 7.66. The SMILES string of the molecule is CC(C)(C)OCCSC(c1ccccc1)(c1ccccc1)c1ccccc1.CC(C)(C)OCCSSc1ccccn1.COc1ccc(C(SCCOC(C)(C)C)(c2ccccc2)c2ccccc2)cc1. The molecule has 71 heavy (non-hydrogen) atoms. The summed E-state index contributed by atoms with van der Waals surface area (Å²) in [5.41, 5.74) is 7.36. The molecule has 376 valence electrons. The summed E-state index contributed by atoms with van der Waals surface area (Å²) in [7, 11) is 5.18. The van der Waals surface area contributed by atoms with Crippen molar-refractivity contribution < 1.29 is 18.9 Å². The summed E-state index contributed by atoms with van der Waals surface area (Å²) >= 11 is 3.86. The first-order valence-electron chi connectivity index (χ1n) is 24.4. The summed E-state index contributed by atoms with van der Waals surface area (Å²) in [6.45, 7) is 21.1. The Kier molecular flexibility index (Phi) is 23.2. The second kappa shape index (κ2) is 28.7. The minimum Gasteiger partial charge on any atom is -0.497 e. The lowest BCUT2D eigenvalue weighted by atomic mass is 9.84. The van der Waals surface area contributed by atoms with Crippen molar-refractivity contribution in [3.05, 3.63) is 234 Å². The molecule has 0 radical (unpaired) electrons. The van der Waals surface area contributed by atoms with E-state index < -0.39 is 0 Å². The highest BCUT2D eigenvalue weighted by Crippen LogP contribution is 2.50. The molecule has 0 unspecified atom stereocenters. The third-order valence-corrected chi connectivity index (χ3v) is 16.0. The highest BCUT2D eigenvalue weighted by atomic mass is 33.1. The average molecular weight is 1030 g/mol. The second-order valence-corrected chi connectivity index (χ2v) is 24.6. The van der Waals surface area contributed by atoms with Crippen molar-refractivity contribution in [2.24, 2.45) is 0 Å². The molecule has 1 heterocycles. The van der Waals surface area contributed by atoms with E-state index >= 15 is 0 Å². The van der Waals surface area contributed by atoms with Gasteiger partial charge in [-0.25, -0.2) is 4.98 Å². The van der Waals surface area contributed by atoms with Gasteiger partial charge in [-0.05, 0) is 131 Å². The van der Waals surface area contributed by atoms with Crippen molar-refractivity contribution >= 4 is 45.1 Å². The second-order valence-electron chi connectivity index (χ2n) is 19.6. The van der Waals surface area contributed by atoms with Crippen molar-refractivity contribution in [3.8, 4) is 5.75 Å². The van der Waals surface area contributed by atoms with E-state index in [9.17, 15) is 0 Å². The molecule has 0 amide bonds. The lowest BCUT2D eigenvalue weighted by Gasteiger charge is -2.36. The highest BCUT2D eigenvalue weighted by molar-refractivity contribution is 8.76. The van der Waals surface area contributed by atoms with Gasteiger partial charge in [0.05, 0.1) is 53.2 Å². The van der Waals surface area contributed by atoms with Gasteiger partial charge in [0, 0.05) is 23.5 Å². The number of nitrogens with zero attached hydrogens (tertiary/aromatic N) is 1. The Morgan fingerprint density at radius 3 is 0.972 bits per heavy atom. The molecule has 1 aromatic heterocycles. The van der Waals surface area contributed by atoms with Crippen LogP contribution in [0.15, 0.2) is 205 Å². The van der Waals surface area contributed by atoms with Crippen molar-refractivity contribution in [1.82, 2.24) is 4.98 Å². The molecule has 5 nitrogen and oxygen atoms in total. The molecule has 9 heteroatoms. The van der Waals surface area contributed by atoms with Crippen LogP contribution < -0.4 is 4.74 Å². The minimum absolute atomic E-state index is 0.0315. The number of ether oxygens (including phenoxy) is 4. The number of aromatic nitrogens is 1. The quantitative estimate of drug-likeness (QED) is 0.0422. The van der Waals surface area contributed by atoms with Gasteiger partial charge in [0.25, 0.3) is 0 Å². The summed E-state index contributed by atoms with van der Waals surface area (Å²) in [5.74, 6) is 3.64. The third-order valence-electron chi connectivity index (χ3n) is 10.8. The fourth-order valence-corrected chi connectivity index (χ4v) is 12.1. The molecule has 0 aliphatic heterocycles. The highest BCUT2D eigenvalue weighted by Gasteiger charge is 2.38. The first kappa shape index (κ1) is 57.5. The van der Waals surface area contributed by atoms with Crippen LogP contribution in [0.2, 0.25) is 0 Å². The zero-order valence-electron chi connectivity index (χ0n) is 43.5. The van der Waals surface area contributed by atoms with E-state index in [1.807, 2.05) is 60.1 Å². The van der Waals surface area contributed by atoms with Gasteiger partial charge in [-0.1, -0.05) is 181 Å². The van der Waals surface area contributed by atoms with Gasteiger partial charge in [-0.15, -0.1) is 23.5 Å². The minimum atomic E-state index is -0.323. The molecule has 6 aromatic carbocycles. The molecule has 0 aliphatic carbocycles. The molecule has 0 saturated heterocycles. The summed E-state index contributed by atoms with van der Waals surface area (Å²) < 4.78 is 22.5. The molecular formula is C62H75NO4S4. The number of methoxy groups -OCH3 is 1. The van der Waals surface area contributed by atoms with Gasteiger partial charge in [-0.3, -0.25) is 0 Å². The van der Waals surface area contributed by atoms with Crippen molar-refractivity contribution in [2.45, 2.75) is 93.6 Å². The topological polar surface area (TPSA) is 49.8 Å². The summed E-state index contributed by atoms with van der Waals surface area (Å²) in [4.78, 5) is 4.23. The van der Waals surface area contributed by atoms with Crippen molar-refractivity contribution in [3.63, 3.8) is 0 Å². The van der Waals surface area contributed by atoms with Crippen LogP contribution in [-0.4, -0.2) is 66.0 Å². The summed E-state index contributed by atoms with van der Waals surface area (Å²) in [6, 6.07) is 68.3. The number of rotatable bonds is 20. The van der Waals surface area contributed by atoms with E-state index in [0.717, 1.165) is 41.2 Å². The Balaban J connectivity index is 0.000000208. The maximum Gasteiger partial charge on any atom is 0.118 e. The smallest absolute Gasteiger partial charge is 0.118 e. The molecular weight excluding hydrogens is 951 g/mol. The Labute approximate surface area is 443 Å². The number of benzene rings is 6. The summed E-state index contributed by atoms with van der Waals surface area (Å²) in [5, 5.41) is 1.05. The van der Waals surface area contributed by atoms with Gasteiger partial charge >= 0.3 is 0 Å². The monoisotopic (exact) mass is 1030 g/mol. The van der Waals surface area contributed by atoms with E-state index in [-0.39, 0.29) is 26.3 Å². The standard InChI is InChI=1S/C26H30O2S.C25H28OS.C11H17NOS2/c1-25(2,3)28-19-20-29-26(21-11-7-5-8-12-21,22-13-9-6-10-14-22)23-15-17-24(27-4)18-16-23;1-24(2,3)26-19-20-27-25(21-13-7-4-8-14-21,22-15-9-5-10-16-22)23-17-11-6-12-18-23;1-11(2,3)13-8-9-14-15-10-6-4-5-7-12-10/h5-18H,19-20H2,1-4H3;4-18H,19-20H2,1-3H3;4-7H,8-9H2,1-3H3. The lowest BCUT2D eigenvalue weighted by molar-refractivity contribution is 0.00650. The van der Waals surface area contributed by atoms with Crippen LogP contribution in [0.1, 0.15) is 95.7 Å². The number of hydrogen-bond acceptors (Lipinski definition) is 9. The van der Waals surface area contributed by atoms with Gasteiger partial charge < -0.3 is 18.9 Å². The molecule has 0 N–H and O–H groups in total. The Hall–Kier alpha value is -4.45. The normalized spacial score (nSPS) is 12.0. The molecule has 7 aromatic rings. The van der Waals surface area contributed by atoms with Gasteiger partial charge in [0.2, 0.25) is 0 Å². The number of thioether (sulfide) groups is 2. The number of hydrogen-bond donors (Lipinski definition) is 0. The first-order valence-corrected chi connectivity index (χ1v) is 28.7. The third kappa shape index (κ3) is 18.8. The van der Waals surface area contributed by atoms with Crippen LogP contribution in [0.25, 0.3) is 0 Å². The zero-order chi connectivity index (χ0) is 51.1. The molecule has 0 fully saturated rings. The molecule has 0 atom stereocenters. The van der Waals surface area contributed by atoms with Crippen LogP contribution in [0.3, 0.4) is 0 Å². The van der Waals surface area contributed by atoms with E-state index in [0.29, 0.717) is 6.61 Å². The van der Waals surface area contributed by atoms with Crippen LogP contribution >= 0.6 is 45.1 Å². The fraction of sp³-hybridized carbons (Fsp3) is 0.339. The molecule has 7 rings (SSSR count). The summed E-state index contributed by atoms with van der Waals surface area (Å²) in [6.07, 6.45) is 1.81. The Bertz CT molecular complexity index is 2340. The maximum atomic E-state index is 6.03. The predicted octanol–water partition coefficient (Wildman–Crippen LogP) is 16.7. The predicted molar refractivity (Wildman–Crippen MR) is 310 cm³/mol. The van der Waals surface area contributed by atoms with E-state index in [2.05, 4.69) is 231 Å². The van der Waals surface area contributed by atoms with Crippen molar-refractivity contribution in [2.75, 3.05) is 44.2 Å². The van der Waals surface area contributed by atoms with E-state index in [1.165, 1.54) is 33.4 Å². The van der Waals surface area contributed by atoms with Gasteiger partial charge in [-0.2, -0.15) is 0 Å². The number of pyridine rings is 1. The van der Waals surface area contributed by atoms with Crippen LogP contribution in [0, 0.1) is 0 Å². The van der Waals surface area contributed by atoms with Crippen LogP contribution in [0.5, 0.6) is 5.75 Å².